The van der Waals surface area contributed by atoms with Crippen LogP contribution >= 0.6 is 0 Å². The first-order valence-corrected chi connectivity index (χ1v) is 29.5. The molecule has 0 fully saturated rings. The van der Waals surface area contributed by atoms with Crippen LogP contribution in [-0.2, 0) is 27.1 Å². The second kappa shape index (κ2) is 18.6. The molecule has 404 valence electrons. The van der Waals surface area contributed by atoms with Crippen LogP contribution in [0, 0.1) is 27.7 Å². The van der Waals surface area contributed by atoms with Crippen molar-refractivity contribution >= 4 is 85.1 Å². The molecule has 2 aliphatic heterocycles. The van der Waals surface area contributed by atoms with Crippen molar-refractivity contribution in [3.05, 3.63) is 214 Å². The minimum Gasteiger partial charge on any atom is -0.311 e. The molecule has 0 amide bonds. The number of hydrogen-bond donors (Lipinski definition) is 0. The largest absolute Gasteiger partial charge is 0.311 e. The summed E-state index contributed by atoms with van der Waals surface area (Å²) in [5, 5.41) is 2.45. The molecule has 1 aliphatic carbocycles. The number of rotatable bonds is 6. The third-order valence-corrected chi connectivity index (χ3v) is 18.6. The zero-order valence-corrected chi connectivity index (χ0v) is 50.9. The molecule has 2 heterocycles. The Bertz CT molecular complexity index is 3910. The first kappa shape index (κ1) is 53.4. The molecule has 0 saturated carbocycles. The van der Waals surface area contributed by atoms with Crippen LogP contribution in [0.4, 0.5) is 51.2 Å². The zero-order chi connectivity index (χ0) is 56.7. The maximum Gasteiger partial charge on any atom is 0.252 e. The molecule has 80 heavy (non-hydrogen) atoms. The highest BCUT2D eigenvalue weighted by Gasteiger charge is 2.48. The van der Waals surface area contributed by atoms with E-state index >= 15 is 0 Å². The Morgan fingerprint density at radius 2 is 0.938 bits per heavy atom. The van der Waals surface area contributed by atoms with Crippen LogP contribution in [-0.4, -0.2) is 6.71 Å². The van der Waals surface area contributed by atoms with Gasteiger partial charge in [0.25, 0.3) is 6.71 Å². The third kappa shape index (κ3) is 8.70. The average Bonchev–Trinajstić information content (AvgIpc) is 3.07. The number of nitrogens with zero attached hydrogens (tertiary/aromatic N) is 3. The first-order valence-electron chi connectivity index (χ1n) is 29.5. The summed E-state index contributed by atoms with van der Waals surface area (Å²) in [7, 11) is 0. The van der Waals surface area contributed by atoms with Gasteiger partial charge < -0.3 is 14.7 Å². The number of hydrogen-bond acceptors (Lipinski definition) is 3. The molecule has 0 spiro atoms. The molecule has 9 aromatic carbocycles. The van der Waals surface area contributed by atoms with Crippen LogP contribution in [0.5, 0.6) is 0 Å². The van der Waals surface area contributed by atoms with Crippen LogP contribution in [0.25, 0.3) is 21.9 Å². The third-order valence-electron chi connectivity index (χ3n) is 18.6. The summed E-state index contributed by atoms with van der Waals surface area (Å²) in [5.74, 6) is 0. The van der Waals surface area contributed by atoms with Crippen LogP contribution in [0.1, 0.15) is 153 Å². The zero-order valence-electron chi connectivity index (χ0n) is 50.9. The Kier molecular flexibility index (Phi) is 12.4. The van der Waals surface area contributed by atoms with Crippen molar-refractivity contribution < 1.29 is 0 Å². The van der Waals surface area contributed by atoms with Gasteiger partial charge in [0.1, 0.15) is 0 Å². The lowest BCUT2D eigenvalue weighted by Crippen LogP contribution is -2.62. The van der Waals surface area contributed by atoms with Gasteiger partial charge in [-0.3, -0.25) is 0 Å². The van der Waals surface area contributed by atoms with E-state index < -0.39 is 0 Å². The molecule has 4 heteroatoms. The van der Waals surface area contributed by atoms with E-state index in [4.69, 9.17) is 0 Å². The molecule has 0 saturated heterocycles. The molecular weight excluding hydrogens is 966 g/mol. The fraction of sp³-hybridized carbons (Fsp3) is 0.316. The summed E-state index contributed by atoms with van der Waals surface area (Å²) in [5.41, 5.74) is 29.4. The van der Waals surface area contributed by atoms with Gasteiger partial charge in [-0.2, -0.15) is 0 Å². The average molecular weight is 1050 g/mol. The minimum absolute atomic E-state index is 0.00176. The molecule has 0 unspecified atom stereocenters. The highest BCUT2D eigenvalue weighted by Crippen LogP contribution is 2.54. The number of para-hydroxylation sites is 1. The summed E-state index contributed by atoms with van der Waals surface area (Å²) in [6.45, 7) is 40.4. The Balaban J connectivity index is 1.23. The molecule has 0 aromatic heterocycles. The lowest BCUT2D eigenvalue weighted by Gasteiger charge is -2.48. The maximum absolute atomic E-state index is 2.71. The highest BCUT2D eigenvalue weighted by molar-refractivity contribution is 7.00. The fourth-order valence-corrected chi connectivity index (χ4v) is 13.9. The quantitative estimate of drug-likeness (QED) is 0.154. The predicted octanol–water partition coefficient (Wildman–Crippen LogP) is 19.5. The summed E-state index contributed by atoms with van der Waals surface area (Å²) >= 11 is 0. The number of anilines is 9. The van der Waals surface area contributed by atoms with Crippen LogP contribution in [0.3, 0.4) is 0 Å². The van der Waals surface area contributed by atoms with Crippen molar-refractivity contribution in [3.8, 4) is 11.1 Å². The van der Waals surface area contributed by atoms with Gasteiger partial charge in [-0.15, -0.1) is 0 Å². The SMILES string of the molecule is Cc1cc(C(C)(C)C)cc(C)c1N1c2cc(N(c3ccc(C(C)(C)C)cc3)c3ccc4ccccc4c3-c3ccccc3)ccc2B2c3cc4c(cc3N(c3c(C)cccc3C)c3cc(C(C)(C)C)cc1c32)C(C)(C)CCC4(C)C. The normalized spacial score (nSPS) is 15.3. The maximum atomic E-state index is 2.71. The molecule has 0 radical (unpaired) electrons. The molecule has 0 atom stereocenters. The number of benzene rings is 9. The highest BCUT2D eigenvalue weighted by atomic mass is 15.2. The van der Waals surface area contributed by atoms with Gasteiger partial charge in [0.2, 0.25) is 0 Å². The van der Waals surface area contributed by atoms with E-state index in [1.54, 1.807) is 0 Å². The standard InChI is InChI=1S/C76H82BN3/c1-47-24-23-25-48(2)70(47)80-65-46-60-59(75(14,15)38-39-76(60,16)17)45-62(65)77-61-36-35-57(44-64(61)79(66-42-55(74(11,12)13)43-67(80)69(66)77)71-49(3)40-54(41-50(71)4)73(8,9)10)78(56-33-31-53(32-34-56)72(5,6)7)63-37-30-51-26-21-22-29-58(51)68(63)52-27-19-18-20-28-52/h18-37,40-46H,38-39H2,1-17H3. The summed E-state index contributed by atoms with van der Waals surface area (Å²) in [4.78, 5) is 7.96. The Morgan fingerprint density at radius 1 is 0.425 bits per heavy atom. The molecule has 0 N–H and O–H groups in total. The monoisotopic (exact) mass is 1050 g/mol. The van der Waals surface area contributed by atoms with Crippen LogP contribution in [0.2, 0.25) is 0 Å². The van der Waals surface area contributed by atoms with Crippen molar-refractivity contribution in [3.63, 3.8) is 0 Å². The fourth-order valence-electron chi connectivity index (χ4n) is 13.9. The molecule has 3 aliphatic rings. The van der Waals surface area contributed by atoms with Gasteiger partial charge in [-0.1, -0.05) is 205 Å². The smallest absolute Gasteiger partial charge is 0.252 e. The Hall–Kier alpha value is -7.30. The van der Waals surface area contributed by atoms with Crippen molar-refractivity contribution in [2.24, 2.45) is 0 Å². The Morgan fingerprint density at radius 3 is 1.52 bits per heavy atom. The Labute approximate surface area is 479 Å². The van der Waals surface area contributed by atoms with Gasteiger partial charge in [0.05, 0.1) is 17.1 Å². The molecule has 12 rings (SSSR count). The van der Waals surface area contributed by atoms with E-state index in [0.29, 0.717) is 0 Å². The lowest BCUT2D eigenvalue weighted by atomic mass is 9.33. The summed E-state index contributed by atoms with van der Waals surface area (Å²) in [6, 6.07) is 63.8. The van der Waals surface area contributed by atoms with E-state index in [0.717, 1.165) is 29.9 Å². The summed E-state index contributed by atoms with van der Waals surface area (Å²) < 4.78 is 0. The van der Waals surface area contributed by atoms with Crippen molar-refractivity contribution in [1.29, 1.82) is 0 Å². The van der Waals surface area contributed by atoms with Crippen molar-refractivity contribution in [1.82, 2.24) is 0 Å². The predicted molar refractivity (Wildman–Crippen MR) is 348 cm³/mol. The topological polar surface area (TPSA) is 9.72 Å². The van der Waals surface area contributed by atoms with Crippen LogP contribution < -0.4 is 31.1 Å². The molecule has 0 bridgehead atoms. The van der Waals surface area contributed by atoms with Crippen molar-refractivity contribution in [2.75, 3.05) is 14.7 Å². The van der Waals surface area contributed by atoms with Gasteiger partial charge in [0, 0.05) is 39.7 Å². The number of aryl methyl sites for hydroxylation is 4. The van der Waals surface area contributed by atoms with Crippen LogP contribution in [0.15, 0.2) is 164 Å². The second-order valence-electron chi connectivity index (χ2n) is 28.4. The molecule has 3 nitrogen and oxygen atoms in total. The van der Waals surface area contributed by atoms with E-state index in [1.165, 1.54) is 122 Å². The van der Waals surface area contributed by atoms with Gasteiger partial charge in [0.15, 0.2) is 0 Å². The van der Waals surface area contributed by atoms with Crippen molar-refractivity contribution in [2.45, 2.75) is 158 Å². The van der Waals surface area contributed by atoms with Gasteiger partial charge in [-0.25, -0.2) is 0 Å². The van der Waals surface area contributed by atoms with E-state index in [-0.39, 0.29) is 33.8 Å². The first-order chi connectivity index (χ1) is 37.7. The summed E-state index contributed by atoms with van der Waals surface area (Å²) in [6.07, 6.45) is 2.30. The van der Waals surface area contributed by atoms with Gasteiger partial charge in [-0.05, 0) is 199 Å². The minimum atomic E-state index is -0.163. The van der Waals surface area contributed by atoms with E-state index in [9.17, 15) is 0 Å². The van der Waals surface area contributed by atoms with E-state index in [1.807, 2.05) is 0 Å². The molecular formula is C76H82BN3. The van der Waals surface area contributed by atoms with Gasteiger partial charge >= 0.3 is 0 Å². The number of fused-ring (bicyclic) bond motifs is 6. The second-order valence-corrected chi connectivity index (χ2v) is 28.4. The lowest BCUT2D eigenvalue weighted by molar-refractivity contribution is 0.332. The van der Waals surface area contributed by atoms with E-state index in [2.05, 4.69) is 296 Å². The molecule has 9 aromatic rings.